The molecule has 0 N–H and O–H groups in total. The minimum Gasteiger partial charge on any atom is -0.378 e. The summed E-state index contributed by atoms with van der Waals surface area (Å²) < 4.78 is 7.67. The number of carbonyl (C=O) groups is 1. The average molecular weight is 301 g/mol. The molecule has 3 rings (SSSR count). The van der Waals surface area contributed by atoms with E-state index in [1.807, 2.05) is 45.3 Å². The highest BCUT2D eigenvalue weighted by atomic mass is 16.5. The van der Waals surface area contributed by atoms with Gasteiger partial charge in [0, 0.05) is 20.7 Å². The Labute approximate surface area is 130 Å². The van der Waals surface area contributed by atoms with Crippen molar-refractivity contribution in [1.29, 1.82) is 0 Å². The summed E-state index contributed by atoms with van der Waals surface area (Å²) in [5, 5.41) is 0. The third-order valence-electron chi connectivity index (χ3n) is 4.56. The van der Waals surface area contributed by atoms with Crippen LogP contribution in [0.4, 0.5) is 0 Å². The van der Waals surface area contributed by atoms with Crippen molar-refractivity contribution >= 4 is 16.9 Å². The van der Waals surface area contributed by atoms with E-state index >= 15 is 0 Å². The number of imidazole rings is 1. The largest absolute Gasteiger partial charge is 0.378 e. The topological polar surface area (TPSA) is 47.4 Å². The van der Waals surface area contributed by atoms with E-state index in [1.54, 1.807) is 4.90 Å². The summed E-state index contributed by atoms with van der Waals surface area (Å²) in [7, 11) is 3.85. The summed E-state index contributed by atoms with van der Waals surface area (Å²) in [4.78, 5) is 19.1. The number of aromatic nitrogens is 2. The van der Waals surface area contributed by atoms with Gasteiger partial charge in [0.1, 0.15) is 5.82 Å². The minimum atomic E-state index is -0.0339. The summed E-state index contributed by atoms with van der Waals surface area (Å²) in [5.74, 6) is 1.02. The van der Waals surface area contributed by atoms with Crippen LogP contribution in [0.2, 0.25) is 0 Å². The van der Waals surface area contributed by atoms with Crippen LogP contribution < -0.4 is 0 Å². The van der Waals surface area contributed by atoms with E-state index in [0.29, 0.717) is 6.54 Å². The van der Waals surface area contributed by atoms with E-state index in [-0.39, 0.29) is 17.9 Å². The number of benzene rings is 1. The highest BCUT2D eigenvalue weighted by Crippen LogP contribution is 2.23. The first kappa shape index (κ1) is 15.0. The van der Waals surface area contributed by atoms with Crippen molar-refractivity contribution in [2.24, 2.45) is 13.0 Å². The number of aryl methyl sites for hydroxylation is 1. The normalized spacial score (nSPS) is 22.0. The number of rotatable bonds is 3. The zero-order valence-electron chi connectivity index (χ0n) is 13.5. The molecule has 2 heterocycles. The lowest BCUT2D eigenvalue weighted by Crippen LogP contribution is -2.41. The van der Waals surface area contributed by atoms with Gasteiger partial charge in [-0.05, 0) is 31.9 Å². The lowest BCUT2D eigenvalue weighted by Gasteiger charge is -2.31. The van der Waals surface area contributed by atoms with Crippen LogP contribution in [-0.4, -0.2) is 40.1 Å². The maximum absolute atomic E-state index is 12.6. The Hall–Kier alpha value is -1.88. The second kappa shape index (κ2) is 6.08. The van der Waals surface area contributed by atoms with E-state index in [4.69, 9.17) is 4.74 Å². The number of para-hydroxylation sites is 2. The van der Waals surface area contributed by atoms with Gasteiger partial charge in [0.15, 0.2) is 0 Å². The molecule has 5 heteroatoms. The van der Waals surface area contributed by atoms with Crippen molar-refractivity contribution in [3.05, 3.63) is 30.1 Å². The molecular formula is C17H23N3O2. The number of carbonyl (C=O) groups excluding carboxylic acids is 1. The van der Waals surface area contributed by atoms with Crippen molar-refractivity contribution in [2.75, 3.05) is 13.7 Å². The van der Waals surface area contributed by atoms with Gasteiger partial charge >= 0.3 is 0 Å². The first-order valence-corrected chi connectivity index (χ1v) is 7.85. The molecule has 1 aromatic carbocycles. The summed E-state index contributed by atoms with van der Waals surface area (Å²) in [6.45, 7) is 3.28. The SMILES string of the molecule is C[C@H]1OCCC[C@@H]1C(=O)N(C)Cc1nc2ccccc2n1C. The molecule has 0 aliphatic carbocycles. The van der Waals surface area contributed by atoms with Gasteiger partial charge in [-0.25, -0.2) is 4.98 Å². The predicted molar refractivity (Wildman–Crippen MR) is 85.3 cm³/mol. The third-order valence-corrected chi connectivity index (χ3v) is 4.56. The quantitative estimate of drug-likeness (QED) is 0.874. The molecule has 118 valence electrons. The van der Waals surface area contributed by atoms with E-state index in [0.717, 1.165) is 36.3 Å². The van der Waals surface area contributed by atoms with Crippen LogP contribution in [0.5, 0.6) is 0 Å². The number of ether oxygens (including phenoxy) is 1. The first-order valence-electron chi connectivity index (χ1n) is 7.85. The summed E-state index contributed by atoms with van der Waals surface area (Å²) in [5.41, 5.74) is 2.06. The molecule has 1 aliphatic rings. The van der Waals surface area contributed by atoms with Crippen molar-refractivity contribution in [3.8, 4) is 0 Å². The molecule has 0 bridgehead atoms. The molecule has 1 saturated heterocycles. The second-order valence-electron chi connectivity index (χ2n) is 6.09. The maximum Gasteiger partial charge on any atom is 0.228 e. The van der Waals surface area contributed by atoms with Gasteiger partial charge in [0.05, 0.1) is 29.6 Å². The van der Waals surface area contributed by atoms with Gasteiger partial charge in [0.25, 0.3) is 0 Å². The van der Waals surface area contributed by atoms with Gasteiger partial charge < -0.3 is 14.2 Å². The number of fused-ring (bicyclic) bond motifs is 1. The van der Waals surface area contributed by atoms with Crippen molar-refractivity contribution in [1.82, 2.24) is 14.5 Å². The lowest BCUT2D eigenvalue weighted by atomic mass is 9.94. The Morgan fingerprint density at radius 3 is 2.95 bits per heavy atom. The first-order chi connectivity index (χ1) is 10.6. The van der Waals surface area contributed by atoms with E-state index < -0.39 is 0 Å². The van der Waals surface area contributed by atoms with Crippen LogP contribution in [0.1, 0.15) is 25.6 Å². The van der Waals surface area contributed by atoms with Crippen LogP contribution >= 0.6 is 0 Å². The smallest absolute Gasteiger partial charge is 0.228 e. The Morgan fingerprint density at radius 1 is 1.45 bits per heavy atom. The van der Waals surface area contributed by atoms with E-state index in [2.05, 4.69) is 9.55 Å². The van der Waals surface area contributed by atoms with E-state index in [1.165, 1.54) is 0 Å². The van der Waals surface area contributed by atoms with Crippen LogP contribution in [0.3, 0.4) is 0 Å². The summed E-state index contributed by atoms with van der Waals surface area (Å²) >= 11 is 0. The van der Waals surface area contributed by atoms with E-state index in [9.17, 15) is 4.79 Å². The van der Waals surface area contributed by atoms with Gasteiger partial charge in [-0.3, -0.25) is 4.79 Å². The van der Waals surface area contributed by atoms with Crippen LogP contribution in [0.15, 0.2) is 24.3 Å². The Balaban J connectivity index is 1.76. The van der Waals surface area contributed by atoms with Crippen molar-refractivity contribution in [2.45, 2.75) is 32.4 Å². The summed E-state index contributed by atoms with van der Waals surface area (Å²) in [6, 6.07) is 8.03. The molecule has 5 nitrogen and oxygen atoms in total. The standard InChI is InChI=1S/C17H23N3O2/c1-12-13(7-6-10-22-12)17(21)19(2)11-16-18-14-8-4-5-9-15(14)20(16)3/h4-5,8-9,12-13H,6-7,10-11H2,1-3H3/t12-,13+/m1/s1. The highest BCUT2D eigenvalue weighted by Gasteiger charge is 2.31. The van der Waals surface area contributed by atoms with Crippen LogP contribution in [-0.2, 0) is 23.1 Å². The van der Waals surface area contributed by atoms with Gasteiger partial charge in [-0.2, -0.15) is 0 Å². The fourth-order valence-electron chi connectivity index (χ4n) is 3.16. The number of nitrogens with zero attached hydrogens (tertiary/aromatic N) is 3. The Kier molecular flexibility index (Phi) is 4.16. The van der Waals surface area contributed by atoms with Gasteiger partial charge in [-0.15, -0.1) is 0 Å². The Morgan fingerprint density at radius 2 is 2.23 bits per heavy atom. The number of amides is 1. The van der Waals surface area contributed by atoms with Gasteiger partial charge in [0.2, 0.25) is 5.91 Å². The fourth-order valence-corrected chi connectivity index (χ4v) is 3.16. The maximum atomic E-state index is 12.6. The molecule has 1 amide bonds. The highest BCUT2D eigenvalue weighted by molar-refractivity contribution is 5.79. The van der Waals surface area contributed by atoms with Gasteiger partial charge in [-0.1, -0.05) is 12.1 Å². The third kappa shape index (κ3) is 2.73. The van der Waals surface area contributed by atoms with Crippen LogP contribution in [0, 0.1) is 5.92 Å². The summed E-state index contributed by atoms with van der Waals surface area (Å²) in [6.07, 6.45) is 1.87. The fraction of sp³-hybridized carbons (Fsp3) is 0.529. The number of hydrogen-bond acceptors (Lipinski definition) is 3. The van der Waals surface area contributed by atoms with Crippen molar-refractivity contribution in [3.63, 3.8) is 0 Å². The molecule has 2 aromatic rings. The molecule has 0 unspecified atom stereocenters. The lowest BCUT2D eigenvalue weighted by molar-refractivity contribution is -0.143. The Bertz CT molecular complexity index is 680. The molecule has 1 aromatic heterocycles. The van der Waals surface area contributed by atoms with Crippen molar-refractivity contribution < 1.29 is 9.53 Å². The molecule has 0 radical (unpaired) electrons. The zero-order chi connectivity index (χ0) is 15.7. The number of hydrogen-bond donors (Lipinski definition) is 0. The molecule has 1 fully saturated rings. The predicted octanol–water partition coefficient (Wildman–Crippen LogP) is 2.35. The monoisotopic (exact) mass is 301 g/mol. The molecule has 1 aliphatic heterocycles. The average Bonchev–Trinajstić information content (AvgIpc) is 2.84. The minimum absolute atomic E-state index is 0.00384. The second-order valence-corrected chi connectivity index (χ2v) is 6.09. The molecule has 0 saturated carbocycles. The molecular weight excluding hydrogens is 278 g/mol. The zero-order valence-corrected chi connectivity index (χ0v) is 13.5. The van der Waals surface area contributed by atoms with Crippen LogP contribution in [0.25, 0.3) is 11.0 Å². The molecule has 22 heavy (non-hydrogen) atoms. The molecule has 0 spiro atoms. The molecule has 2 atom stereocenters.